The van der Waals surface area contributed by atoms with Crippen molar-refractivity contribution < 1.29 is 9.47 Å². The number of hydrogen-bond donors (Lipinski definition) is 2. The minimum Gasteiger partial charge on any atom is -0.493 e. The summed E-state index contributed by atoms with van der Waals surface area (Å²) in [6.07, 6.45) is 7.18. The molecule has 0 unspecified atom stereocenters. The maximum absolute atomic E-state index is 5.65. The van der Waals surface area contributed by atoms with Crippen LogP contribution < -0.4 is 20.1 Å². The summed E-state index contributed by atoms with van der Waals surface area (Å²) in [6.45, 7) is 6.45. The van der Waals surface area contributed by atoms with Gasteiger partial charge < -0.3 is 20.1 Å². The van der Waals surface area contributed by atoms with Crippen LogP contribution in [0.4, 0.5) is 0 Å². The predicted octanol–water partition coefficient (Wildman–Crippen LogP) is 4.14. The predicted molar refractivity (Wildman–Crippen MR) is 119 cm³/mol. The van der Waals surface area contributed by atoms with E-state index in [9.17, 15) is 0 Å². The zero-order chi connectivity index (χ0) is 17.9. The molecule has 2 rings (SSSR count). The number of aliphatic imine (C=N–C) groups is 1. The number of nitrogens with zero attached hydrogens (tertiary/aromatic N) is 1. The number of guanidine groups is 1. The second kappa shape index (κ2) is 13.1. The van der Waals surface area contributed by atoms with Crippen molar-refractivity contribution in [2.24, 2.45) is 4.99 Å². The zero-order valence-corrected chi connectivity index (χ0v) is 18.7. The van der Waals surface area contributed by atoms with Crippen LogP contribution in [0.2, 0.25) is 0 Å². The molecule has 6 heteroatoms. The molecular weight excluding hydrogens is 441 g/mol. The first kappa shape index (κ1) is 22.9. The SMILES string of the molecule is CCNC(=NCCCc1ccc(OC)c(OCC)c1)NC1CCCC1.I. The Bertz CT molecular complexity index is 546. The number of hydrogen-bond acceptors (Lipinski definition) is 3. The van der Waals surface area contributed by atoms with Crippen LogP contribution in [-0.4, -0.2) is 38.8 Å². The number of methoxy groups -OCH3 is 1. The molecule has 1 aromatic rings. The van der Waals surface area contributed by atoms with Crippen LogP contribution in [-0.2, 0) is 6.42 Å². The number of benzene rings is 1. The van der Waals surface area contributed by atoms with Gasteiger partial charge in [0, 0.05) is 19.1 Å². The zero-order valence-electron chi connectivity index (χ0n) is 16.3. The van der Waals surface area contributed by atoms with Crippen LogP contribution in [0.3, 0.4) is 0 Å². The number of halogens is 1. The maximum Gasteiger partial charge on any atom is 0.191 e. The van der Waals surface area contributed by atoms with Crippen LogP contribution >= 0.6 is 24.0 Å². The van der Waals surface area contributed by atoms with E-state index in [1.54, 1.807) is 7.11 Å². The Morgan fingerprint density at radius 3 is 2.62 bits per heavy atom. The third kappa shape index (κ3) is 7.60. The van der Waals surface area contributed by atoms with Crippen LogP contribution in [0.5, 0.6) is 11.5 Å². The summed E-state index contributed by atoms with van der Waals surface area (Å²) < 4.78 is 11.0. The molecule has 148 valence electrons. The highest BCUT2D eigenvalue weighted by Gasteiger charge is 2.15. The Kier molecular flexibility index (Phi) is 11.5. The van der Waals surface area contributed by atoms with Gasteiger partial charge >= 0.3 is 0 Å². The molecule has 5 nitrogen and oxygen atoms in total. The summed E-state index contributed by atoms with van der Waals surface area (Å²) in [5.41, 5.74) is 1.26. The molecule has 0 amide bonds. The normalized spacial score (nSPS) is 14.7. The number of rotatable bonds is 9. The number of ether oxygens (including phenoxy) is 2. The lowest BCUT2D eigenvalue weighted by atomic mass is 10.1. The van der Waals surface area contributed by atoms with E-state index < -0.39 is 0 Å². The first-order valence-electron chi connectivity index (χ1n) is 9.61. The monoisotopic (exact) mass is 475 g/mol. The first-order chi connectivity index (χ1) is 12.3. The molecule has 0 bridgehead atoms. The van der Waals surface area contributed by atoms with Crippen molar-refractivity contribution in [1.29, 1.82) is 0 Å². The minimum atomic E-state index is 0. The Morgan fingerprint density at radius 2 is 1.96 bits per heavy atom. The maximum atomic E-state index is 5.65. The molecule has 26 heavy (non-hydrogen) atoms. The summed E-state index contributed by atoms with van der Waals surface area (Å²) in [6, 6.07) is 6.75. The molecule has 1 aromatic carbocycles. The van der Waals surface area contributed by atoms with Crippen LogP contribution in [0.1, 0.15) is 51.5 Å². The molecule has 0 aliphatic heterocycles. The molecular formula is C20H34IN3O2. The molecule has 0 saturated heterocycles. The highest BCUT2D eigenvalue weighted by atomic mass is 127. The fourth-order valence-electron chi connectivity index (χ4n) is 3.20. The van der Waals surface area contributed by atoms with Gasteiger partial charge in [0.1, 0.15) is 0 Å². The van der Waals surface area contributed by atoms with E-state index >= 15 is 0 Å². The first-order valence-corrected chi connectivity index (χ1v) is 9.61. The van der Waals surface area contributed by atoms with E-state index in [2.05, 4.69) is 29.7 Å². The van der Waals surface area contributed by atoms with E-state index in [4.69, 9.17) is 14.5 Å². The second-order valence-electron chi connectivity index (χ2n) is 6.41. The van der Waals surface area contributed by atoms with Gasteiger partial charge in [-0.2, -0.15) is 0 Å². The molecule has 2 N–H and O–H groups in total. The van der Waals surface area contributed by atoms with Crippen molar-refractivity contribution in [2.45, 2.75) is 58.4 Å². The van der Waals surface area contributed by atoms with Crippen LogP contribution in [0, 0.1) is 0 Å². The summed E-state index contributed by atoms with van der Waals surface area (Å²) in [5.74, 6) is 2.57. The van der Waals surface area contributed by atoms with Gasteiger partial charge in [-0.05, 0) is 57.2 Å². The Labute approximate surface area is 175 Å². The quantitative estimate of drug-likeness (QED) is 0.244. The van der Waals surface area contributed by atoms with Gasteiger partial charge in [-0.3, -0.25) is 4.99 Å². The Morgan fingerprint density at radius 1 is 1.19 bits per heavy atom. The van der Waals surface area contributed by atoms with E-state index in [-0.39, 0.29) is 24.0 Å². The van der Waals surface area contributed by atoms with Crippen LogP contribution in [0.25, 0.3) is 0 Å². The average molecular weight is 475 g/mol. The summed E-state index contributed by atoms with van der Waals surface area (Å²) in [7, 11) is 1.67. The van der Waals surface area contributed by atoms with Crippen molar-refractivity contribution in [3.05, 3.63) is 23.8 Å². The molecule has 0 spiro atoms. The topological polar surface area (TPSA) is 54.9 Å². The van der Waals surface area contributed by atoms with Gasteiger partial charge in [-0.15, -0.1) is 24.0 Å². The minimum absolute atomic E-state index is 0. The largest absolute Gasteiger partial charge is 0.493 e. The lowest BCUT2D eigenvalue weighted by Gasteiger charge is -2.16. The lowest BCUT2D eigenvalue weighted by Crippen LogP contribution is -2.42. The van der Waals surface area contributed by atoms with E-state index in [1.165, 1.54) is 31.2 Å². The van der Waals surface area contributed by atoms with Gasteiger partial charge in [0.2, 0.25) is 0 Å². The Balaban J connectivity index is 0.00000338. The average Bonchev–Trinajstić information content (AvgIpc) is 3.12. The molecule has 1 fully saturated rings. The molecule has 1 aliphatic carbocycles. The summed E-state index contributed by atoms with van der Waals surface area (Å²) in [4.78, 5) is 4.72. The summed E-state index contributed by atoms with van der Waals surface area (Å²) in [5, 5.41) is 6.91. The van der Waals surface area contributed by atoms with E-state index in [0.29, 0.717) is 12.6 Å². The van der Waals surface area contributed by atoms with E-state index in [1.807, 2.05) is 13.0 Å². The van der Waals surface area contributed by atoms with Crippen molar-refractivity contribution in [3.8, 4) is 11.5 Å². The van der Waals surface area contributed by atoms with Crippen molar-refractivity contribution in [3.63, 3.8) is 0 Å². The summed E-state index contributed by atoms with van der Waals surface area (Å²) >= 11 is 0. The third-order valence-corrected chi connectivity index (χ3v) is 4.46. The van der Waals surface area contributed by atoms with Crippen molar-refractivity contribution in [1.82, 2.24) is 10.6 Å². The molecule has 1 aliphatic rings. The van der Waals surface area contributed by atoms with Gasteiger partial charge in [0.15, 0.2) is 17.5 Å². The smallest absolute Gasteiger partial charge is 0.191 e. The third-order valence-electron chi connectivity index (χ3n) is 4.46. The standard InChI is InChI=1S/C20H33N3O2.HI/c1-4-21-20(23-17-10-6-7-11-17)22-14-8-9-16-12-13-18(24-3)19(15-16)25-5-2;/h12-13,15,17H,4-11,14H2,1-3H3,(H2,21,22,23);1H. The van der Waals surface area contributed by atoms with Gasteiger partial charge in [-0.1, -0.05) is 18.9 Å². The fraction of sp³-hybridized carbons (Fsp3) is 0.650. The van der Waals surface area contributed by atoms with Crippen LogP contribution in [0.15, 0.2) is 23.2 Å². The molecule has 0 radical (unpaired) electrons. The second-order valence-corrected chi connectivity index (χ2v) is 6.41. The van der Waals surface area contributed by atoms with Crippen molar-refractivity contribution >= 4 is 29.9 Å². The van der Waals surface area contributed by atoms with Gasteiger partial charge in [0.05, 0.1) is 13.7 Å². The van der Waals surface area contributed by atoms with Gasteiger partial charge in [-0.25, -0.2) is 0 Å². The number of aryl methyl sites for hydroxylation is 1. The Hall–Kier alpha value is -1.18. The fourth-order valence-corrected chi connectivity index (χ4v) is 3.20. The molecule has 1 saturated carbocycles. The van der Waals surface area contributed by atoms with Gasteiger partial charge in [0.25, 0.3) is 0 Å². The van der Waals surface area contributed by atoms with E-state index in [0.717, 1.165) is 43.4 Å². The lowest BCUT2D eigenvalue weighted by molar-refractivity contribution is 0.310. The number of nitrogens with one attached hydrogen (secondary N) is 2. The molecule has 0 atom stereocenters. The highest BCUT2D eigenvalue weighted by Crippen LogP contribution is 2.28. The van der Waals surface area contributed by atoms with Crippen molar-refractivity contribution in [2.75, 3.05) is 26.8 Å². The molecule has 0 aromatic heterocycles. The molecule has 0 heterocycles. The highest BCUT2D eigenvalue weighted by molar-refractivity contribution is 14.0.